The summed E-state index contributed by atoms with van der Waals surface area (Å²) in [6.07, 6.45) is 1.98. The van der Waals surface area contributed by atoms with Crippen LogP contribution in [0.4, 0.5) is 0 Å². The van der Waals surface area contributed by atoms with E-state index in [1.54, 1.807) is 0 Å². The Hall–Kier alpha value is -1.06. The number of nitrogens with zero attached hydrogens (tertiary/aromatic N) is 2. The summed E-state index contributed by atoms with van der Waals surface area (Å²) in [7, 11) is 0. The Morgan fingerprint density at radius 2 is 2.23 bits per heavy atom. The summed E-state index contributed by atoms with van der Waals surface area (Å²) < 4.78 is 2.02. The highest BCUT2D eigenvalue weighted by molar-refractivity contribution is 5.85. The molecule has 0 saturated carbocycles. The van der Waals surface area contributed by atoms with Gasteiger partial charge in [-0.1, -0.05) is 6.07 Å². The highest BCUT2D eigenvalue weighted by atomic mass is 35.5. The Kier molecular flexibility index (Phi) is 2.90. The number of halogens is 1. The molecule has 0 atom stereocenters. The summed E-state index contributed by atoms with van der Waals surface area (Å²) in [6.45, 7) is 2.52. The normalized spacial score (nSPS) is 10.0. The summed E-state index contributed by atoms with van der Waals surface area (Å²) in [5.74, 6) is 0. The molecule has 2 N–H and O–H groups in total. The van der Waals surface area contributed by atoms with Gasteiger partial charge in [-0.15, -0.1) is 12.4 Å². The van der Waals surface area contributed by atoms with Crippen LogP contribution in [0.15, 0.2) is 24.4 Å². The lowest BCUT2D eigenvalue weighted by molar-refractivity contribution is 0.944. The van der Waals surface area contributed by atoms with Gasteiger partial charge in [0.15, 0.2) is 0 Å². The van der Waals surface area contributed by atoms with Crippen molar-refractivity contribution in [1.82, 2.24) is 9.38 Å². The van der Waals surface area contributed by atoms with E-state index in [2.05, 4.69) is 4.98 Å². The predicted molar refractivity (Wildman–Crippen MR) is 55.1 cm³/mol. The van der Waals surface area contributed by atoms with E-state index >= 15 is 0 Å². The molecule has 2 aromatic rings. The van der Waals surface area contributed by atoms with Crippen molar-refractivity contribution in [3.8, 4) is 0 Å². The number of hydrogen-bond acceptors (Lipinski definition) is 2. The topological polar surface area (TPSA) is 43.3 Å². The molecule has 0 bridgehead atoms. The van der Waals surface area contributed by atoms with Gasteiger partial charge in [-0.05, 0) is 19.1 Å². The summed E-state index contributed by atoms with van der Waals surface area (Å²) >= 11 is 0. The summed E-state index contributed by atoms with van der Waals surface area (Å²) in [5.41, 5.74) is 8.67. The van der Waals surface area contributed by atoms with E-state index in [1.807, 2.05) is 35.7 Å². The third-order valence-corrected chi connectivity index (χ3v) is 2.02. The van der Waals surface area contributed by atoms with Crippen LogP contribution in [-0.4, -0.2) is 9.38 Å². The standard InChI is InChI=1S/C9H11N3.ClH/c1-7-8(6-10)12-5-3-2-4-9(12)11-7;/h2-5H,6,10H2,1H3;1H. The SMILES string of the molecule is Cc1nc2ccccn2c1CN.Cl. The minimum absolute atomic E-state index is 0. The number of aryl methyl sites for hydroxylation is 1. The molecule has 70 valence electrons. The van der Waals surface area contributed by atoms with Crippen LogP contribution >= 0.6 is 12.4 Å². The minimum atomic E-state index is 0. The first kappa shape index (κ1) is 10.0. The Labute approximate surface area is 83.0 Å². The number of nitrogens with two attached hydrogens (primary N) is 1. The molecule has 2 heterocycles. The zero-order valence-electron chi connectivity index (χ0n) is 7.40. The van der Waals surface area contributed by atoms with E-state index in [-0.39, 0.29) is 12.4 Å². The molecule has 2 rings (SSSR count). The van der Waals surface area contributed by atoms with Crippen LogP contribution < -0.4 is 5.73 Å². The fraction of sp³-hybridized carbons (Fsp3) is 0.222. The number of pyridine rings is 1. The number of hydrogen-bond donors (Lipinski definition) is 1. The average molecular weight is 198 g/mol. The Balaban J connectivity index is 0.000000845. The second-order valence-electron chi connectivity index (χ2n) is 2.78. The highest BCUT2D eigenvalue weighted by Crippen LogP contribution is 2.09. The van der Waals surface area contributed by atoms with Crippen molar-refractivity contribution in [2.75, 3.05) is 0 Å². The van der Waals surface area contributed by atoms with Gasteiger partial charge < -0.3 is 10.1 Å². The lowest BCUT2D eigenvalue weighted by Crippen LogP contribution is -2.01. The van der Waals surface area contributed by atoms with Gasteiger partial charge in [-0.2, -0.15) is 0 Å². The van der Waals surface area contributed by atoms with Crippen molar-refractivity contribution in [3.05, 3.63) is 35.8 Å². The van der Waals surface area contributed by atoms with E-state index in [0.717, 1.165) is 17.0 Å². The molecule has 0 unspecified atom stereocenters. The molecule has 0 amide bonds. The van der Waals surface area contributed by atoms with Gasteiger partial charge in [-0.25, -0.2) is 4.98 Å². The zero-order valence-corrected chi connectivity index (χ0v) is 8.21. The van der Waals surface area contributed by atoms with E-state index in [0.29, 0.717) is 6.54 Å². The number of fused-ring (bicyclic) bond motifs is 1. The summed E-state index contributed by atoms with van der Waals surface area (Å²) in [4.78, 5) is 4.37. The molecule has 0 fully saturated rings. The second-order valence-corrected chi connectivity index (χ2v) is 2.78. The van der Waals surface area contributed by atoms with Crippen molar-refractivity contribution >= 4 is 18.1 Å². The molecular formula is C9H12ClN3. The molecule has 0 aliphatic carbocycles. The molecule has 3 nitrogen and oxygen atoms in total. The van der Waals surface area contributed by atoms with Crippen molar-refractivity contribution in [1.29, 1.82) is 0 Å². The van der Waals surface area contributed by atoms with Gasteiger partial charge >= 0.3 is 0 Å². The van der Waals surface area contributed by atoms with Crippen molar-refractivity contribution < 1.29 is 0 Å². The molecule has 2 aromatic heterocycles. The number of imidazole rings is 1. The quantitative estimate of drug-likeness (QED) is 0.754. The van der Waals surface area contributed by atoms with Gasteiger partial charge in [0, 0.05) is 12.7 Å². The molecule has 0 aromatic carbocycles. The molecule has 0 saturated heterocycles. The van der Waals surface area contributed by atoms with Crippen molar-refractivity contribution in [3.63, 3.8) is 0 Å². The molecule has 13 heavy (non-hydrogen) atoms. The van der Waals surface area contributed by atoms with Crippen molar-refractivity contribution in [2.24, 2.45) is 5.73 Å². The van der Waals surface area contributed by atoms with Gasteiger partial charge in [0.2, 0.25) is 0 Å². The predicted octanol–water partition coefficient (Wildman–Crippen LogP) is 1.52. The van der Waals surface area contributed by atoms with E-state index < -0.39 is 0 Å². The van der Waals surface area contributed by atoms with Gasteiger partial charge in [-0.3, -0.25) is 0 Å². The molecule has 0 aliphatic rings. The first-order valence-electron chi connectivity index (χ1n) is 3.95. The third-order valence-electron chi connectivity index (χ3n) is 2.02. The first-order valence-corrected chi connectivity index (χ1v) is 3.95. The summed E-state index contributed by atoms with van der Waals surface area (Å²) in [5, 5.41) is 0. The Morgan fingerprint density at radius 1 is 1.46 bits per heavy atom. The zero-order chi connectivity index (χ0) is 8.55. The van der Waals surface area contributed by atoms with Crippen LogP contribution in [-0.2, 0) is 6.54 Å². The molecule has 4 heteroatoms. The fourth-order valence-corrected chi connectivity index (χ4v) is 1.41. The first-order chi connectivity index (χ1) is 5.83. The lowest BCUT2D eigenvalue weighted by Gasteiger charge is -1.96. The number of aromatic nitrogens is 2. The minimum Gasteiger partial charge on any atom is -0.325 e. The van der Waals surface area contributed by atoms with E-state index in [9.17, 15) is 0 Å². The van der Waals surface area contributed by atoms with Crippen LogP contribution in [0.1, 0.15) is 11.4 Å². The van der Waals surface area contributed by atoms with Crippen LogP contribution in [0.25, 0.3) is 5.65 Å². The second kappa shape index (κ2) is 3.77. The van der Waals surface area contributed by atoms with Crippen LogP contribution in [0.2, 0.25) is 0 Å². The third kappa shape index (κ3) is 1.53. The lowest BCUT2D eigenvalue weighted by atomic mass is 10.3. The maximum atomic E-state index is 5.60. The largest absolute Gasteiger partial charge is 0.325 e. The molecule has 0 spiro atoms. The summed E-state index contributed by atoms with van der Waals surface area (Å²) in [6, 6.07) is 5.93. The van der Waals surface area contributed by atoms with Crippen molar-refractivity contribution in [2.45, 2.75) is 13.5 Å². The van der Waals surface area contributed by atoms with Crippen LogP contribution in [0.3, 0.4) is 0 Å². The monoisotopic (exact) mass is 197 g/mol. The fourth-order valence-electron chi connectivity index (χ4n) is 1.41. The Morgan fingerprint density at radius 3 is 2.92 bits per heavy atom. The maximum absolute atomic E-state index is 5.60. The maximum Gasteiger partial charge on any atom is 0.137 e. The highest BCUT2D eigenvalue weighted by Gasteiger charge is 2.04. The van der Waals surface area contributed by atoms with Gasteiger partial charge in [0.25, 0.3) is 0 Å². The number of rotatable bonds is 1. The van der Waals surface area contributed by atoms with Crippen LogP contribution in [0.5, 0.6) is 0 Å². The molecule has 0 radical (unpaired) electrons. The van der Waals surface area contributed by atoms with Gasteiger partial charge in [0.05, 0.1) is 11.4 Å². The Bertz CT molecular complexity index is 408. The van der Waals surface area contributed by atoms with Crippen LogP contribution in [0, 0.1) is 6.92 Å². The average Bonchev–Trinajstić information content (AvgIpc) is 2.40. The van der Waals surface area contributed by atoms with E-state index in [4.69, 9.17) is 5.73 Å². The molecule has 0 aliphatic heterocycles. The molecular weight excluding hydrogens is 186 g/mol. The van der Waals surface area contributed by atoms with Gasteiger partial charge in [0.1, 0.15) is 5.65 Å². The van der Waals surface area contributed by atoms with E-state index in [1.165, 1.54) is 0 Å². The smallest absolute Gasteiger partial charge is 0.137 e.